The lowest BCUT2D eigenvalue weighted by atomic mass is 10.1. The molecule has 0 saturated heterocycles. The molecule has 74 valence electrons. The van der Waals surface area contributed by atoms with Crippen molar-refractivity contribution in [2.45, 2.75) is 19.3 Å². The normalized spacial score (nSPS) is 24.7. The highest BCUT2D eigenvalue weighted by molar-refractivity contribution is 9.10. The number of carboxylic acid groups (broad SMARTS) is 1. The summed E-state index contributed by atoms with van der Waals surface area (Å²) < 4.78 is 1.08. The molecular weight excluding hydrogens is 244 g/mol. The van der Waals surface area contributed by atoms with Gasteiger partial charge in [0.1, 0.15) is 0 Å². The molecule has 0 amide bonds. The molecule has 3 heteroatoms. The molecule has 1 N–H and O–H groups in total. The summed E-state index contributed by atoms with van der Waals surface area (Å²) >= 11 is 3.43. The fourth-order valence-electron chi connectivity index (χ4n) is 1.73. The minimum atomic E-state index is -0.671. The van der Waals surface area contributed by atoms with Crippen molar-refractivity contribution >= 4 is 21.9 Å². The zero-order chi connectivity index (χ0) is 10.3. The molecule has 0 aromatic heterocycles. The average molecular weight is 255 g/mol. The second kappa shape index (κ2) is 3.39. The van der Waals surface area contributed by atoms with E-state index in [1.54, 1.807) is 0 Å². The summed E-state index contributed by atoms with van der Waals surface area (Å²) in [5.74, 6) is -0.592. The van der Waals surface area contributed by atoms with Gasteiger partial charge in [-0.25, -0.2) is 0 Å². The third-order valence-electron chi connectivity index (χ3n) is 2.72. The van der Waals surface area contributed by atoms with Gasteiger partial charge in [0.2, 0.25) is 0 Å². The molecule has 1 saturated carbocycles. The van der Waals surface area contributed by atoms with Crippen molar-refractivity contribution in [2.24, 2.45) is 5.92 Å². The molecule has 0 aliphatic heterocycles. The third kappa shape index (κ3) is 1.69. The van der Waals surface area contributed by atoms with E-state index in [0.717, 1.165) is 16.5 Å². The standard InChI is InChI=1S/C11H11BrO2/c1-6-4-7(2-3-10(6)12)8-5-9(8)11(13)14/h2-4,8-9H,5H2,1H3,(H,13,14). The van der Waals surface area contributed by atoms with Crippen molar-refractivity contribution in [3.63, 3.8) is 0 Å². The summed E-state index contributed by atoms with van der Waals surface area (Å²) in [6.07, 6.45) is 0.788. The van der Waals surface area contributed by atoms with Crippen LogP contribution in [0.5, 0.6) is 0 Å². The van der Waals surface area contributed by atoms with Gasteiger partial charge in [-0.3, -0.25) is 4.79 Å². The number of hydrogen-bond donors (Lipinski definition) is 1. The third-order valence-corrected chi connectivity index (χ3v) is 3.61. The number of benzene rings is 1. The summed E-state index contributed by atoms with van der Waals surface area (Å²) in [5, 5.41) is 8.80. The molecule has 14 heavy (non-hydrogen) atoms. The maximum Gasteiger partial charge on any atom is 0.307 e. The number of halogens is 1. The first-order valence-corrected chi connectivity index (χ1v) is 5.37. The minimum Gasteiger partial charge on any atom is -0.481 e. The van der Waals surface area contributed by atoms with Crippen LogP contribution in [0.4, 0.5) is 0 Å². The van der Waals surface area contributed by atoms with E-state index in [2.05, 4.69) is 22.0 Å². The smallest absolute Gasteiger partial charge is 0.307 e. The van der Waals surface area contributed by atoms with E-state index in [4.69, 9.17) is 5.11 Å². The van der Waals surface area contributed by atoms with Gasteiger partial charge >= 0.3 is 5.97 Å². The van der Waals surface area contributed by atoms with Crippen LogP contribution in [0.25, 0.3) is 0 Å². The molecule has 2 unspecified atom stereocenters. The highest BCUT2D eigenvalue weighted by atomic mass is 79.9. The van der Waals surface area contributed by atoms with E-state index in [1.807, 2.05) is 19.1 Å². The molecule has 0 radical (unpaired) electrons. The van der Waals surface area contributed by atoms with Crippen LogP contribution in [0, 0.1) is 12.8 Å². The number of carboxylic acids is 1. The van der Waals surface area contributed by atoms with Crippen LogP contribution in [0.1, 0.15) is 23.5 Å². The number of hydrogen-bond acceptors (Lipinski definition) is 1. The molecule has 1 aromatic rings. The second-order valence-electron chi connectivity index (χ2n) is 3.80. The summed E-state index contributed by atoms with van der Waals surface area (Å²) in [5.41, 5.74) is 2.32. The first kappa shape index (κ1) is 9.71. The highest BCUT2D eigenvalue weighted by Gasteiger charge is 2.44. The van der Waals surface area contributed by atoms with Crippen LogP contribution in [-0.4, -0.2) is 11.1 Å². The monoisotopic (exact) mass is 254 g/mol. The van der Waals surface area contributed by atoms with E-state index in [0.29, 0.717) is 0 Å². The maximum absolute atomic E-state index is 10.7. The van der Waals surface area contributed by atoms with Crippen LogP contribution < -0.4 is 0 Å². The Morgan fingerprint density at radius 3 is 2.79 bits per heavy atom. The summed E-state index contributed by atoms with van der Waals surface area (Å²) in [4.78, 5) is 10.7. The number of aliphatic carboxylic acids is 1. The Hall–Kier alpha value is -0.830. The van der Waals surface area contributed by atoms with Crippen molar-refractivity contribution < 1.29 is 9.90 Å². The molecule has 1 fully saturated rings. The first-order chi connectivity index (χ1) is 6.59. The van der Waals surface area contributed by atoms with Gasteiger partial charge in [-0.15, -0.1) is 0 Å². The number of rotatable bonds is 2. The molecule has 0 bridgehead atoms. The quantitative estimate of drug-likeness (QED) is 0.882. The first-order valence-electron chi connectivity index (χ1n) is 4.58. The van der Waals surface area contributed by atoms with Crippen LogP contribution in [0.2, 0.25) is 0 Å². The molecule has 2 rings (SSSR count). The van der Waals surface area contributed by atoms with Crippen molar-refractivity contribution in [1.82, 2.24) is 0 Å². The Morgan fingerprint density at radius 2 is 2.29 bits per heavy atom. The van der Waals surface area contributed by atoms with E-state index < -0.39 is 5.97 Å². The van der Waals surface area contributed by atoms with Crippen LogP contribution >= 0.6 is 15.9 Å². The van der Waals surface area contributed by atoms with Crippen LogP contribution in [0.3, 0.4) is 0 Å². The molecule has 1 aliphatic rings. The Morgan fingerprint density at radius 1 is 1.57 bits per heavy atom. The molecular formula is C11H11BrO2. The van der Waals surface area contributed by atoms with Gasteiger partial charge in [0.05, 0.1) is 5.92 Å². The second-order valence-corrected chi connectivity index (χ2v) is 4.65. The molecule has 0 spiro atoms. The SMILES string of the molecule is Cc1cc(C2CC2C(=O)O)ccc1Br. The van der Waals surface area contributed by atoms with E-state index in [-0.39, 0.29) is 11.8 Å². The number of aryl methyl sites for hydroxylation is 1. The Labute approximate surface area is 91.1 Å². The van der Waals surface area contributed by atoms with Gasteiger partial charge in [-0.2, -0.15) is 0 Å². The van der Waals surface area contributed by atoms with Gasteiger partial charge in [0.25, 0.3) is 0 Å². The van der Waals surface area contributed by atoms with E-state index in [1.165, 1.54) is 5.56 Å². The van der Waals surface area contributed by atoms with Gasteiger partial charge in [-0.1, -0.05) is 28.1 Å². The Bertz CT molecular complexity index is 387. The summed E-state index contributed by atoms with van der Waals surface area (Å²) in [6, 6.07) is 6.06. The minimum absolute atomic E-state index is 0.157. The van der Waals surface area contributed by atoms with Crippen molar-refractivity contribution in [3.05, 3.63) is 33.8 Å². The lowest BCUT2D eigenvalue weighted by Gasteiger charge is -2.02. The molecule has 2 atom stereocenters. The van der Waals surface area contributed by atoms with Crippen molar-refractivity contribution in [1.29, 1.82) is 0 Å². The topological polar surface area (TPSA) is 37.3 Å². The average Bonchev–Trinajstić information content (AvgIpc) is 2.89. The lowest BCUT2D eigenvalue weighted by molar-refractivity contribution is -0.138. The fourth-order valence-corrected chi connectivity index (χ4v) is 1.98. The number of carbonyl (C=O) groups is 1. The van der Waals surface area contributed by atoms with Gasteiger partial charge in [0.15, 0.2) is 0 Å². The van der Waals surface area contributed by atoms with E-state index >= 15 is 0 Å². The Balaban J connectivity index is 2.20. The zero-order valence-electron chi connectivity index (χ0n) is 7.83. The van der Waals surface area contributed by atoms with Crippen LogP contribution in [0.15, 0.2) is 22.7 Å². The summed E-state index contributed by atoms with van der Waals surface area (Å²) in [6.45, 7) is 2.02. The highest BCUT2D eigenvalue weighted by Crippen LogP contribution is 2.47. The zero-order valence-corrected chi connectivity index (χ0v) is 9.41. The summed E-state index contributed by atoms with van der Waals surface area (Å²) in [7, 11) is 0. The predicted octanol–water partition coefficient (Wildman–Crippen LogP) is 2.95. The van der Waals surface area contributed by atoms with Gasteiger partial charge in [-0.05, 0) is 36.5 Å². The van der Waals surface area contributed by atoms with E-state index in [9.17, 15) is 4.79 Å². The lowest BCUT2D eigenvalue weighted by Crippen LogP contribution is -1.98. The van der Waals surface area contributed by atoms with Crippen molar-refractivity contribution in [2.75, 3.05) is 0 Å². The largest absolute Gasteiger partial charge is 0.481 e. The molecule has 1 aliphatic carbocycles. The maximum atomic E-state index is 10.7. The van der Waals surface area contributed by atoms with Crippen LogP contribution in [-0.2, 0) is 4.79 Å². The molecule has 1 aromatic carbocycles. The van der Waals surface area contributed by atoms with Gasteiger partial charge < -0.3 is 5.11 Å². The van der Waals surface area contributed by atoms with Gasteiger partial charge in [0, 0.05) is 4.47 Å². The fraction of sp³-hybridized carbons (Fsp3) is 0.364. The van der Waals surface area contributed by atoms with Crippen molar-refractivity contribution in [3.8, 4) is 0 Å². The molecule has 0 heterocycles. The Kier molecular flexibility index (Phi) is 2.35. The molecule has 2 nitrogen and oxygen atoms in total. The predicted molar refractivity (Wildman–Crippen MR) is 57.4 cm³/mol.